The molecule has 2 aromatic rings. The molecule has 114 valence electrons. The van der Waals surface area contributed by atoms with Gasteiger partial charge in [0.1, 0.15) is 5.69 Å². The van der Waals surface area contributed by atoms with Crippen LogP contribution in [0.15, 0.2) is 48.7 Å². The molecule has 4 heteroatoms. The van der Waals surface area contributed by atoms with E-state index in [0.29, 0.717) is 18.3 Å². The van der Waals surface area contributed by atoms with Gasteiger partial charge >= 0.3 is 0 Å². The first kappa shape index (κ1) is 14.6. The number of nitrogens with one attached hydrogen (secondary N) is 2. The maximum Gasteiger partial charge on any atom is 0.270 e. The zero-order valence-corrected chi connectivity index (χ0v) is 12.8. The highest BCUT2D eigenvalue weighted by Crippen LogP contribution is 2.33. The molecular formula is C18H21N3O. The topological polar surface area (TPSA) is 54.0 Å². The van der Waals surface area contributed by atoms with E-state index in [4.69, 9.17) is 0 Å². The summed E-state index contributed by atoms with van der Waals surface area (Å²) in [5.74, 6) is 0.620. The van der Waals surface area contributed by atoms with Crippen LogP contribution in [0.4, 0.5) is 5.69 Å². The van der Waals surface area contributed by atoms with Crippen LogP contribution in [0.25, 0.3) is 0 Å². The van der Waals surface area contributed by atoms with Crippen LogP contribution in [-0.2, 0) is 6.54 Å². The second-order valence-electron chi connectivity index (χ2n) is 5.87. The predicted octanol–water partition coefficient (Wildman–Crippen LogP) is 3.22. The summed E-state index contributed by atoms with van der Waals surface area (Å²) in [4.78, 5) is 16.4. The van der Waals surface area contributed by atoms with Crippen molar-refractivity contribution in [3.05, 3.63) is 59.9 Å². The summed E-state index contributed by atoms with van der Waals surface area (Å²) < 4.78 is 0. The summed E-state index contributed by atoms with van der Waals surface area (Å²) in [6, 6.07) is 14.0. The molecule has 1 saturated carbocycles. The fourth-order valence-corrected chi connectivity index (χ4v) is 2.49. The molecule has 0 spiro atoms. The molecule has 0 aliphatic heterocycles. The fourth-order valence-electron chi connectivity index (χ4n) is 2.49. The Balaban J connectivity index is 1.59. The third-order valence-corrected chi connectivity index (χ3v) is 4.01. The number of anilines is 1. The molecule has 1 aliphatic carbocycles. The second-order valence-corrected chi connectivity index (χ2v) is 5.87. The van der Waals surface area contributed by atoms with E-state index >= 15 is 0 Å². The molecule has 0 saturated heterocycles. The monoisotopic (exact) mass is 295 g/mol. The van der Waals surface area contributed by atoms with Gasteiger partial charge in [0.2, 0.25) is 0 Å². The summed E-state index contributed by atoms with van der Waals surface area (Å²) in [6.07, 6.45) is 4.27. The van der Waals surface area contributed by atoms with E-state index in [-0.39, 0.29) is 5.91 Å². The van der Waals surface area contributed by atoms with E-state index in [1.807, 2.05) is 42.5 Å². The molecule has 1 heterocycles. The largest absolute Gasteiger partial charge is 0.382 e. The Morgan fingerprint density at radius 1 is 1.27 bits per heavy atom. The molecule has 1 aliphatic rings. The first-order valence-corrected chi connectivity index (χ1v) is 7.77. The molecule has 2 N–H and O–H groups in total. The summed E-state index contributed by atoms with van der Waals surface area (Å²) in [5, 5.41) is 6.35. The van der Waals surface area contributed by atoms with Crippen LogP contribution in [0.3, 0.4) is 0 Å². The Morgan fingerprint density at radius 3 is 2.77 bits per heavy atom. The van der Waals surface area contributed by atoms with Crippen molar-refractivity contribution in [1.82, 2.24) is 10.3 Å². The molecule has 1 unspecified atom stereocenters. The van der Waals surface area contributed by atoms with Crippen LogP contribution in [-0.4, -0.2) is 16.9 Å². The van der Waals surface area contributed by atoms with Crippen molar-refractivity contribution in [3.8, 4) is 0 Å². The Labute approximate surface area is 131 Å². The fraction of sp³-hybridized carbons (Fsp3) is 0.333. The van der Waals surface area contributed by atoms with Gasteiger partial charge in [0.15, 0.2) is 0 Å². The number of nitrogens with zero attached hydrogens (tertiary/aromatic N) is 1. The number of benzene rings is 1. The van der Waals surface area contributed by atoms with E-state index in [0.717, 1.165) is 17.2 Å². The highest BCUT2D eigenvalue weighted by molar-refractivity contribution is 5.93. The molecular weight excluding hydrogens is 274 g/mol. The number of amides is 1. The van der Waals surface area contributed by atoms with E-state index in [9.17, 15) is 4.79 Å². The van der Waals surface area contributed by atoms with Crippen molar-refractivity contribution in [1.29, 1.82) is 0 Å². The van der Waals surface area contributed by atoms with Crippen molar-refractivity contribution in [2.24, 2.45) is 5.92 Å². The molecule has 4 nitrogen and oxygen atoms in total. The molecule has 1 fully saturated rings. The first-order chi connectivity index (χ1) is 10.7. The number of pyridine rings is 1. The summed E-state index contributed by atoms with van der Waals surface area (Å²) in [5.41, 5.74) is 2.48. The second kappa shape index (κ2) is 6.60. The van der Waals surface area contributed by atoms with Crippen LogP contribution < -0.4 is 10.6 Å². The minimum absolute atomic E-state index is 0.147. The lowest BCUT2D eigenvalue weighted by Gasteiger charge is -2.14. The SMILES string of the molecule is CC(Nc1ccnc(C(=O)NCc2ccccc2)c1)C1CC1. The Hall–Kier alpha value is -2.36. The van der Waals surface area contributed by atoms with Crippen molar-refractivity contribution in [2.75, 3.05) is 5.32 Å². The molecule has 1 amide bonds. The highest BCUT2D eigenvalue weighted by Gasteiger charge is 2.27. The van der Waals surface area contributed by atoms with Crippen molar-refractivity contribution < 1.29 is 4.79 Å². The Morgan fingerprint density at radius 2 is 2.05 bits per heavy atom. The van der Waals surface area contributed by atoms with E-state index in [2.05, 4.69) is 22.5 Å². The lowest BCUT2D eigenvalue weighted by atomic mass is 10.2. The van der Waals surface area contributed by atoms with Gasteiger partial charge in [0, 0.05) is 24.5 Å². The summed E-state index contributed by atoms with van der Waals surface area (Å²) in [6.45, 7) is 2.70. The van der Waals surface area contributed by atoms with E-state index in [1.165, 1.54) is 12.8 Å². The van der Waals surface area contributed by atoms with Gasteiger partial charge in [-0.25, -0.2) is 0 Å². The van der Waals surface area contributed by atoms with Gasteiger partial charge in [0.05, 0.1) is 0 Å². The smallest absolute Gasteiger partial charge is 0.270 e. The third-order valence-electron chi connectivity index (χ3n) is 4.01. The number of rotatable bonds is 6. The third kappa shape index (κ3) is 3.85. The standard InChI is InChI=1S/C18H21N3O/c1-13(15-7-8-15)21-16-9-10-19-17(11-16)18(22)20-12-14-5-3-2-4-6-14/h2-6,9-11,13,15H,7-8,12H2,1H3,(H,19,21)(H,20,22). The van der Waals surface area contributed by atoms with Crippen LogP contribution in [0, 0.1) is 5.92 Å². The van der Waals surface area contributed by atoms with Crippen LogP contribution in [0.1, 0.15) is 35.8 Å². The lowest BCUT2D eigenvalue weighted by Crippen LogP contribution is -2.24. The zero-order valence-electron chi connectivity index (χ0n) is 12.8. The molecule has 1 aromatic heterocycles. The van der Waals surface area contributed by atoms with Gasteiger partial charge in [-0.2, -0.15) is 0 Å². The molecule has 0 bridgehead atoms. The Bertz CT molecular complexity index is 638. The Kier molecular flexibility index (Phi) is 4.37. The maximum atomic E-state index is 12.2. The zero-order chi connectivity index (χ0) is 15.4. The number of carbonyl (C=O) groups is 1. The average molecular weight is 295 g/mol. The minimum Gasteiger partial charge on any atom is -0.382 e. The number of carbonyl (C=O) groups excluding carboxylic acids is 1. The molecule has 22 heavy (non-hydrogen) atoms. The van der Waals surface area contributed by atoms with E-state index < -0.39 is 0 Å². The number of hydrogen-bond acceptors (Lipinski definition) is 3. The molecule has 3 rings (SSSR count). The highest BCUT2D eigenvalue weighted by atomic mass is 16.1. The predicted molar refractivity (Wildman–Crippen MR) is 87.7 cm³/mol. The van der Waals surface area contributed by atoms with Gasteiger partial charge < -0.3 is 10.6 Å². The van der Waals surface area contributed by atoms with Crippen molar-refractivity contribution >= 4 is 11.6 Å². The maximum absolute atomic E-state index is 12.2. The van der Waals surface area contributed by atoms with Crippen molar-refractivity contribution in [2.45, 2.75) is 32.4 Å². The van der Waals surface area contributed by atoms with Gasteiger partial charge in [-0.3, -0.25) is 9.78 Å². The van der Waals surface area contributed by atoms with Gasteiger partial charge in [-0.15, -0.1) is 0 Å². The molecule has 1 atom stereocenters. The van der Waals surface area contributed by atoms with Crippen molar-refractivity contribution in [3.63, 3.8) is 0 Å². The van der Waals surface area contributed by atoms with Crippen LogP contribution in [0.5, 0.6) is 0 Å². The lowest BCUT2D eigenvalue weighted by molar-refractivity contribution is 0.0946. The molecule has 0 radical (unpaired) electrons. The average Bonchev–Trinajstić information content (AvgIpc) is 3.39. The van der Waals surface area contributed by atoms with Gasteiger partial charge in [0.25, 0.3) is 5.91 Å². The van der Waals surface area contributed by atoms with Gasteiger partial charge in [-0.1, -0.05) is 30.3 Å². The quantitative estimate of drug-likeness (QED) is 0.860. The number of aromatic nitrogens is 1. The first-order valence-electron chi connectivity index (χ1n) is 7.77. The van der Waals surface area contributed by atoms with Crippen LogP contribution >= 0.6 is 0 Å². The molecule has 1 aromatic carbocycles. The van der Waals surface area contributed by atoms with Gasteiger partial charge in [-0.05, 0) is 43.4 Å². The summed E-state index contributed by atoms with van der Waals surface area (Å²) >= 11 is 0. The van der Waals surface area contributed by atoms with Crippen LogP contribution in [0.2, 0.25) is 0 Å². The minimum atomic E-state index is -0.147. The normalized spacial score (nSPS) is 15.1. The van der Waals surface area contributed by atoms with E-state index in [1.54, 1.807) is 6.20 Å². The number of hydrogen-bond donors (Lipinski definition) is 2. The summed E-state index contributed by atoms with van der Waals surface area (Å²) in [7, 11) is 0.